The highest BCUT2D eigenvalue weighted by molar-refractivity contribution is 6.35. The molecule has 2 N–H and O–H groups in total. The van der Waals surface area contributed by atoms with Crippen molar-refractivity contribution < 1.29 is 9.13 Å². The molecule has 0 radical (unpaired) electrons. The number of ether oxygens (including phenoxy) is 1. The Labute approximate surface area is 152 Å². The van der Waals surface area contributed by atoms with Crippen molar-refractivity contribution in [3.63, 3.8) is 0 Å². The van der Waals surface area contributed by atoms with Gasteiger partial charge in [-0.25, -0.2) is 9.37 Å². The number of nitrogens with zero attached hydrogens (tertiary/aromatic N) is 3. The van der Waals surface area contributed by atoms with Gasteiger partial charge in [0.05, 0.1) is 24.9 Å². The highest BCUT2D eigenvalue weighted by Crippen LogP contribution is 2.26. The maximum absolute atomic E-state index is 13.5. The molecule has 9 heteroatoms. The van der Waals surface area contributed by atoms with Crippen LogP contribution in [0.1, 0.15) is 24.1 Å². The smallest absolute Gasteiger partial charge is 0.253 e. The summed E-state index contributed by atoms with van der Waals surface area (Å²) >= 11 is 5.90. The van der Waals surface area contributed by atoms with Gasteiger partial charge in [-0.05, 0) is 25.1 Å². The van der Waals surface area contributed by atoms with E-state index in [0.717, 1.165) is 0 Å². The van der Waals surface area contributed by atoms with Gasteiger partial charge in [0, 0.05) is 10.9 Å². The molecule has 7 nitrogen and oxygen atoms in total. The van der Waals surface area contributed by atoms with Crippen LogP contribution in [0.4, 0.5) is 10.3 Å². The Hall–Kier alpha value is -3.18. The van der Waals surface area contributed by atoms with E-state index >= 15 is 0 Å². The minimum atomic E-state index is -0.605. The van der Waals surface area contributed by atoms with E-state index < -0.39 is 17.4 Å². The van der Waals surface area contributed by atoms with Gasteiger partial charge in [0.25, 0.3) is 5.56 Å². The lowest BCUT2D eigenvalue weighted by molar-refractivity contribution is 0.396. The van der Waals surface area contributed by atoms with Crippen molar-refractivity contribution in [3.8, 4) is 11.9 Å². The van der Waals surface area contributed by atoms with Crippen LogP contribution in [0.15, 0.2) is 29.2 Å². The number of rotatable bonds is 4. The lowest BCUT2D eigenvalue weighted by atomic mass is 10.1. The van der Waals surface area contributed by atoms with E-state index in [-0.39, 0.29) is 27.9 Å². The second-order valence-electron chi connectivity index (χ2n) is 5.47. The number of nitrogens with one attached hydrogen (secondary N) is 2. The van der Waals surface area contributed by atoms with Gasteiger partial charge in [0.1, 0.15) is 22.5 Å². The van der Waals surface area contributed by atoms with Gasteiger partial charge in [-0.2, -0.15) is 10.2 Å². The van der Waals surface area contributed by atoms with Crippen LogP contribution >= 0.6 is 11.6 Å². The van der Waals surface area contributed by atoms with Gasteiger partial charge >= 0.3 is 0 Å². The quantitative estimate of drug-likeness (QED) is 0.728. The Bertz CT molecular complexity index is 1090. The third kappa shape index (κ3) is 3.17. The molecule has 0 saturated carbocycles. The lowest BCUT2D eigenvalue weighted by Crippen LogP contribution is -2.20. The van der Waals surface area contributed by atoms with Gasteiger partial charge in [0.2, 0.25) is 11.8 Å². The van der Waals surface area contributed by atoms with E-state index in [1.54, 1.807) is 13.0 Å². The van der Waals surface area contributed by atoms with Crippen molar-refractivity contribution >= 4 is 28.5 Å². The van der Waals surface area contributed by atoms with Crippen molar-refractivity contribution in [2.45, 2.75) is 13.0 Å². The molecular weight excluding hydrogens is 361 g/mol. The second-order valence-corrected chi connectivity index (χ2v) is 5.85. The van der Waals surface area contributed by atoms with E-state index in [1.807, 2.05) is 6.07 Å². The van der Waals surface area contributed by atoms with Crippen molar-refractivity contribution in [2.24, 2.45) is 0 Å². The molecule has 1 atom stereocenters. The molecule has 0 aliphatic heterocycles. The zero-order valence-corrected chi connectivity index (χ0v) is 14.6. The number of anilines is 1. The number of aromatic nitrogens is 3. The Kier molecular flexibility index (Phi) is 4.73. The standard InChI is InChI=1S/C17H13ClFN5O2/c1-8(22-17-21-7-10(6-20)16(24-17)26-2)11-5-9-3-4-12(19)13(18)14(9)23-15(11)25/h3-5,7-8H,1-2H3,(H,23,25)(H,21,22,24)/t8-/m0/s1. The van der Waals surface area contributed by atoms with Crippen LogP contribution in [0.3, 0.4) is 0 Å². The van der Waals surface area contributed by atoms with Gasteiger partial charge in [-0.15, -0.1) is 0 Å². The molecule has 2 aromatic heterocycles. The average Bonchev–Trinajstić information content (AvgIpc) is 2.64. The van der Waals surface area contributed by atoms with Crippen LogP contribution in [0.2, 0.25) is 5.02 Å². The summed E-state index contributed by atoms with van der Waals surface area (Å²) in [6.07, 6.45) is 1.33. The summed E-state index contributed by atoms with van der Waals surface area (Å²) in [6, 6.07) is 5.84. The van der Waals surface area contributed by atoms with Crippen molar-refractivity contribution in [3.05, 3.63) is 56.7 Å². The highest BCUT2D eigenvalue weighted by atomic mass is 35.5. The summed E-state index contributed by atoms with van der Waals surface area (Å²) in [5, 5.41) is 12.4. The predicted molar refractivity (Wildman–Crippen MR) is 94.9 cm³/mol. The minimum Gasteiger partial charge on any atom is -0.480 e. The largest absolute Gasteiger partial charge is 0.480 e. The molecule has 2 heterocycles. The number of hydrogen-bond acceptors (Lipinski definition) is 6. The Morgan fingerprint density at radius 3 is 2.92 bits per heavy atom. The number of H-pyrrole nitrogens is 1. The molecule has 0 bridgehead atoms. The molecule has 0 saturated heterocycles. The van der Waals surface area contributed by atoms with Gasteiger partial charge in [-0.3, -0.25) is 4.79 Å². The Morgan fingerprint density at radius 2 is 2.23 bits per heavy atom. The number of nitriles is 1. The van der Waals surface area contributed by atoms with E-state index in [0.29, 0.717) is 10.9 Å². The monoisotopic (exact) mass is 373 g/mol. The van der Waals surface area contributed by atoms with Gasteiger partial charge in [0.15, 0.2) is 0 Å². The van der Waals surface area contributed by atoms with Gasteiger partial charge < -0.3 is 15.0 Å². The summed E-state index contributed by atoms with van der Waals surface area (Å²) in [4.78, 5) is 23.1. The third-order valence-corrected chi connectivity index (χ3v) is 4.19. The highest BCUT2D eigenvalue weighted by Gasteiger charge is 2.16. The first-order valence-corrected chi connectivity index (χ1v) is 7.91. The summed E-state index contributed by atoms with van der Waals surface area (Å²) in [5.74, 6) is -0.274. The maximum atomic E-state index is 13.5. The van der Waals surface area contributed by atoms with Crippen molar-refractivity contribution in [1.82, 2.24) is 15.0 Å². The second kappa shape index (κ2) is 6.98. The molecule has 0 unspecified atom stereocenters. The van der Waals surface area contributed by atoms with E-state index in [2.05, 4.69) is 20.3 Å². The fourth-order valence-electron chi connectivity index (χ4n) is 2.49. The summed E-state index contributed by atoms with van der Waals surface area (Å²) in [5.41, 5.74) is 0.424. The summed E-state index contributed by atoms with van der Waals surface area (Å²) in [6.45, 7) is 1.75. The number of pyridine rings is 1. The maximum Gasteiger partial charge on any atom is 0.253 e. The van der Waals surface area contributed by atoms with Crippen LogP contribution in [0.5, 0.6) is 5.88 Å². The number of fused-ring (bicyclic) bond motifs is 1. The molecule has 132 valence electrons. The number of benzene rings is 1. The molecule has 3 aromatic rings. The third-order valence-electron chi connectivity index (χ3n) is 3.82. The van der Waals surface area contributed by atoms with Crippen LogP contribution in [0.25, 0.3) is 10.9 Å². The van der Waals surface area contributed by atoms with Crippen molar-refractivity contribution in [2.75, 3.05) is 12.4 Å². The molecular formula is C17H13ClFN5O2. The SMILES string of the molecule is COc1nc(N[C@@H](C)c2cc3ccc(F)c(Cl)c3[nH]c2=O)ncc1C#N. The fourth-order valence-corrected chi connectivity index (χ4v) is 2.71. The van der Waals surface area contributed by atoms with Crippen LogP contribution in [-0.4, -0.2) is 22.1 Å². The first-order chi connectivity index (χ1) is 12.4. The molecule has 0 amide bonds. The van der Waals surface area contributed by atoms with Crippen LogP contribution in [0, 0.1) is 17.1 Å². The Morgan fingerprint density at radius 1 is 1.46 bits per heavy atom. The van der Waals surface area contributed by atoms with Crippen LogP contribution in [-0.2, 0) is 0 Å². The molecule has 1 aromatic carbocycles. The first kappa shape index (κ1) is 17.6. The first-order valence-electron chi connectivity index (χ1n) is 7.53. The summed E-state index contributed by atoms with van der Waals surface area (Å²) < 4.78 is 18.6. The van der Waals surface area contributed by atoms with Crippen LogP contribution < -0.4 is 15.6 Å². The molecule has 3 rings (SSSR count). The van der Waals surface area contributed by atoms with E-state index in [1.165, 1.54) is 25.4 Å². The predicted octanol–water partition coefficient (Wildman–Crippen LogP) is 3.16. The minimum absolute atomic E-state index is 0.131. The number of hydrogen-bond donors (Lipinski definition) is 2. The van der Waals surface area contributed by atoms with E-state index in [4.69, 9.17) is 21.6 Å². The molecule has 0 fully saturated rings. The zero-order valence-electron chi connectivity index (χ0n) is 13.8. The topological polar surface area (TPSA) is 104 Å². The fraction of sp³-hybridized carbons (Fsp3) is 0.176. The number of methoxy groups -OCH3 is 1. The zero-order chi connectivity index (χ0) is 18.8. The average molecular weight is 374 g/mol. The molecule has 0 spiro atoms. The van der Waals surface area contributed by atoms with Gasteiger partial charge in [-0.1, -0.05) is 11.6 Å². The Balaban J connectivity index is 1.97. The van der Waals surface area contributed by atoms with E-state index in [9.17, 15) is 9.18 Å². The lowest BCUT2D eigenvalue weighted by Gasteiger charge is -2.15. The number of aromatic amines is 1. The summed E-state index contributed by atoms with van der Waals surface area (Å²) in [7, 11) is 1.40. The normalized spacial score (nSPS) is 11.8. The number of halogens is 2. The molecule has 0 aliphatic carbocycles. The van der Waals surface area contributed by atoms with Crippen molar-refractivity contribution in [1.29, 1.82) is 5.26 Å². The molecule has 0 aliphatic rings. The molecule has 26 heavy (non-hydrogen) atoms.